The van der Waals surface area contributed by atoms with E-state index in [-0.39, 0.29) is 0 Å². The maximum absolute atomic E-state index is 2.75. The summed E-state index contributed by atoms with van der Waals surface area (Å²) in [6.45, 7) is 14.0. The number of thiophene rings is 6. The van der Waals surface area contributed by atoms with E-state index < -0.39 is 0 Å². The van der Waals surface area contributed by atoms with Crippen LogP contribution in [0, 0.1) is 0 Å². The van der Waals surface area contributed by atoms with Crippen LogP contribution in [-0.4, -0.2) is 0 Å². The smallest absolute Gasteiger partial charge is 0.0352 e. The Labute approximate surface area is 760 Å². The summed E-state index contributed by atoms with van der Waals surface area (Å²) in [6, 6.07) is 46.9. The predicted octanol–water partition coefficient (Wildman–Crippen LogP) is 42.3. The highest BCUT2D eigenvalue weighted by Crippen LogP contribution is 2.52. The molecule has 0 amide bonds. The first-order valence-electron chi connectivity index (χ1n) is 51.5. The van der Waals surface area contributed by atoms with E-state index in [1.165, 1.54) is 519 Å². The molecule has 6 heterocycles. The largest absolute Gasteiger partial charge is 0.140 e. The van der Waals surface area contributed by atoms with Crippen LogP contribution in [0.3, 0.4) is 0 Å². The van der Waals surface area contributed by atoms with Gasteiger partial charge >= 0.3 is 0 Å². The minimum absolute atomic E-state index is 1.18. The Bertz CT molecular complexity index is 3580. The second-order valence-corrected chi connectivity index (χ2v) is 44.0. The normalized spacial score (nSPS) is 11.9. The van der Waals surface area contributed by atoms with E-state index in [0.29, 0.717) is 0 Å². The van der Waals surface area contributed by atoms with Gasteiger partial charge in [-0.1, -0.05) is 388 Å². The maximum Gasteiger partial charge on any atom is 0.0352 e. The lowest BCUT2D eigenvalue weighted by Gasteiger charge is -2.19. The number of rotatable bonds is 72. The van der Waals surface area contributed by atoms with Gasteiger partial charge in [0.1, 0.15) is 0 Å². The van der Waals surface area contributed by atoms with Crippen LogP contribution in [0.25, 0.3) is 95.0 Å². The lowest BCUT2D eigenvalue weighted by molar-refractivity contribution is 0.557. The number of hydrogen-bond acceptors (Lipinski definition) is 6. The summed E-state index contributed by atoms with van der Waals surface area (Å²) in [5, 5.41) is 8.46. The standard InChI is InChI=1S/C114H168S6/c1-7-13-19-25-31-37-43-49-55-61-67-91-73-79-109(115-91)103-85-97-98(86-104(103)110-80-74-92(116-110)68-62-56-50-44-38-32-26-20-14-8-2)100-88-106(112-82-76-94(118-112)70-64-58-52-46-40-34-28-22-16-10-4)108(114-84-78-96(120-114)72-66-60-54-48-42-36-30-24-18-12-6)90-102(100)101-89-107(113-83-77-95(119-113)71-65-59-53-47-41-35-29-23-17-11-5)105(87-99(97)101)111-81-75-93(117-111)69-63-57-51-45-39-33-27-21-15-9-3/h73-90H,7-72H2,1-6H3. The molecule has 4 aromatic carbocycles. The summed E-state index contributed by atoms with van der Waals surface area (Å²) in [4.78, 5) is 17.9. The lowest BCUT2D eigenvalue weighted by atomic mass is 9.86. The van der Waals surface area contributed by atoms with E-state index in [0.717, 1.165) is 0 Å². The molecule has 0 spiro atoms. The molecule has 0 saturated carbocycles. The van der Waals surface area contributed by atoms with Crippen LogP contribution in [0.4, 0.5) is 0 Å². The molecule has 10 aromatic rings. The first-order chi connectivity index (χ1) is 59.4. The van der Waals surface area contributed by atoms with Crippen molar-refractivity contribution in [1.82, 2.24) is 0 Å². The monoisotopic (exact) mass is 1730 g/mol. The number of fused-ring (bicyclic) bond motifs is 6. The molecule has 0 unspecified atom stereocenters. The molecule has 6 aromatic heterocycles. The molecule has 6 heteroatoms. The van der Waals surface area contributed by atoms with Gasteiger partial charge in [0.15, 0.2) is 0 Å². The zero-order valence-electron chi connectivity index (χ0n) is 77.5. The topological polar surface area (TPSA) is 0 Å². The number of benzene rings is 4. The van der Waals surface area contributed by atoms with Crippen molar-refractivity contribution in [2.45, 2.75) is 465 Å². The van der Waals surface area contributed by atoms with E-state index in [9.17, 15) is 0 Å². The Morgan fingerprint density at radius 2 is 0.242 bits per heavy atom. The van der Waals surface area contributed by atoms with Crippen molar-refractivity contribution in [2.75, 3.05) is 0 Å². The van der Waals surface area contributed by atoms with Crippen LogP contribution in [0.5, 0.6) is 0 Å². The third-order valence-corrected chi connectivity index (χ3v) is 33.6. The van der Waals surface area contributed by atoms with Gasteiger partial charge in [-0.2, -0.15) is 0 Å². The quantitative estimate of drug-likeness (QED) is 0.0263. The molecule has 0 aliphatic heterocycles. The third kappa shape index (κ3) is 34.2. The minimum Gasteiger partial charge on any atom is -0.140 e. The summed E-state index contributed by atoms with van der Waals surface area (Å²) in [5.41, 5.74) is 8.53. The van der Waals surface area contributed by atoms with Gasteiger partial charge in [0.05, 0.1) is 0 Å². The first-order valence-corrected chi connectivity index (χ1v) is 56.4. The molecule has 0 aliphatic carbocycles. The molecule has 660 valence electrons. The molecule has 0 aliphatic rings. The van der Waals surface area contributed by atoms with Crippen molar-refractivity contribution in [2.24, 2.45) is 0 Å². The summed E-state index contributed by atoms with van der Waals surface area (Å²) in [5.74, 6) is 0. The number of aryl methyl sites for hydroxylation is 6. The fraction of sp³-hybridized carbons (Fsp3) is 0.632. The highest BCUT2D eigenvalue weighted by molar-refractivity contribution is 7.18. The molecule has 0 bridgehead atoms. The van der Waals surface area contributed by atoms with Crippen LogP contribution < -0.4 is 0 Å². The fourth-order valence-corrected chi connectivity index (χ4v) is 25.5. The Hall–Kier alpha value is -4.14. The second-order valence-electron chi connectivity index (χ2n) is 37.0. The van der Waals surface area contributed by atoms with Crippen LogP contribution >= 0.6 is 68.0 Å². The van der Waals surface area contributed by atoms with Crippen LogP contribution in [-0.2, 0) is 38.5 Å². The van der Waals surface area contributed by atoms with Gasteiger partial charge in [0.2, 0.25) is 0 Å². The Morgan fingerprint density at radius 1 is 0.133 bits per heavy atom. The van der Waals surface area contributed by atoms with Gasteiger partial charge in [0, 0.05) is 91.9 Å². The molecule has 0 atom stereocenters. The van der Waals surface area contributed by atoms with Crippen LogP contribution in [0.1, 0.15) is 456 Å². The lowest BCUT2D eigenvalue weighted by Crippen LogP contribution is -1.92. The third-order valence-electron chi connectivity index (χ3n) is 26.6. The van der Waals surface area contributed by atoms with Gasteiger partial charge in [-0.05, 0) is 219 Å². The Morgan fingerprint density at radius 3 is 0.358 bits per heavy atom. The number of unbranched alkanes of at least 4 members (excludes halogenated alkanes) is 54. The minimum atomic E-state index is 1.18. The maximum atomic E-state index is 2.75. The van der Waals surface area contributed by atoms with E-state index in [4.69, 9.17) is 0 Å². The average Bonchev–Trinajstić information content (AvgIpc) is 1.08. The van der Waals surface area contributed by atoms with Gasteiger partial charge in [-0.25, -0.2) is 0 Å². The zero-order valence-corrected chi connectivity index (χ0v) is 82.4. The molecule has 0 saturated heterocycles. The fourth-order valence-electron chi connectivity index (χ4n) is 19.0. The average molecular weight is 1730 g/mol. The highest BCUT2D eigenvalue weighted by Gasteiger charge is 2.25. The van der Waals surface area contributed by atoms with E-state index in [1.54, 1.807) is 29.3 Å². The van der Waals surface area contributed by atoms with E-state index in [1.807, 2.05) is 0 Å². The summed E-state index contributed by atoms with van der Waals surface area (Å²) >= 11 is 12.6. The Balaban J connectivity index is 1.09. The second kappa shape index (κ2) is 59.8. The molecule has 0 N–H and O–H groups in total. The molecule has 0 radical (unpaired) electrons. The zero-order chi connectivity index (χ0) is 83.5. The number of hydrogen-bond donors (Lipinski definition) is 0. The van der Waals surface area contributed by atoms with Gasteiger partial charge in [-0.3, -0.25) is 0 Å². The van der Waals surface area contributed by atoms with Crippen LogP contribution in [0.15, 0.2) is 109 Å². The van der Waals surface area contributed by atoms with Crippen molar-refractivity contribution < 1.29 is 0 Å². The van der Waals surface area contributed by atoms with Crippen molar-refractivity contribution >= 4 is 100 Å². The summed E-state index contributed by atoms with van der Waals surface area (Å²) in [7, 11) is 0. The van der Waals surface area contributed by atoms with Gasteiger partial charge < -0.3 is 0 Å². The van der Waals surface area contributed by atoms with Crippen molar-refractivity contribution in [3.63, 3.8) is 0 Å². The Kier molecular flexibility index (Phi) is 48.8. The summed E-state index contributed by atoms with van der Waals surface area (Å²) in [6.07, 6.45) is 89.6. The van der Waals surface area contributed by atoms with E-state index >= 15 is 0 Å². The molecular weight excluding hydrogens is 1560 g/mol. The first kappa shape index (κ1) is 98.0. The predicted molar refractivity (Wildman–Crippen MR) is 552 cm³/mol. The highest BCUT2D eigenvalue weighted by atomic mass is 32.1. The van der Waals surface area contributed by atoms with Gasteiger partial charge in [-0.15, -0.1) is 68.0 Å². The van der Waals surface area contributed by atoms with Crippen molar-refractivity contribution in [1.29, 1.82) is 0 Å². The van der Waals surface area contributed by atoms with Crippen molar-refractivity contribution in [3.8, 4) is 62.6 Å². The molecular formula is C114H168S6. The van der Waals surface area contributed by atoms with Gasteiger partial charge in [0.25, 0.3) is 0 Å². The summed E-state index contributed by atoms with van der Waals surface area (Å²) < 4.78 is 0. The SMILES string of the molecule is CCCCCCCCCCCCc1ccc(-c2cc3c4cc(-c5ccc(CCCCCCCCCCCC)s5)c(-c5ccc(CCCCCCCCCCCC)s5)cc4c4cc(-c5ccc(CCCCCCCCCCCC)s5)c(-c5ccc(CCCCCCCCCCCC)s5)cc4c3cc2-c2ccc(CCCCCCCCCCCC)s2)s1. The van der Waals surface area contributed by atoms with E-state index in [2.05, 4.69) is 219 Å². The molecule has 10 rings (SSSR count). The molecule has 120 heavy (non-hydrogen) atoms. The van der Waals surface area contributed by atoms with Crippen LogP contribution in [0.2, 0.25) is 0 Å². The molecule has 0 nitrogen and oxygen atoms in total. The molecule has 0 fully saturated rings. The van der Waals surface area contributed by atoms with Crippen molar-refractivity contribution in [3.05, 3.63) is 138 Å².